The van der Waals surface area contributed by atoms with Gasteiger partial charge in [0.2, 0.25) is 5.89 Å². The second-order valence-corrected chi connectivity index (χ2v) is 5.51. The van der Waals surface area contributed by atoms with Crippen molar-refractivity contribution in [2.24, 2.45) is 0 Å². The number of nitrogens with zero attached hydrogens (tertiary/aromatic N) is 2. The molecule has 21 heavy (non-hydrogen) atoms. The molecule has 1 N–H and O–H groups in total. The largest absolute Gasteiger partial charge is 0.339 e. The first-order valence-electron chi connectivity index (χ1n) is 7.80. The van der Waals surface area contributed by atoms with Crippen LogP contribution < -0.4 is 5.32 Å². The molecule has 1 aromatic heterocycles. The fourth-order valence-corrected chi connectivity index (χ4v) is 2.31. The molecule has 0 aliphatic carbocycles. The fraction of sp³-hybridized carbons (Fsp3) is 0.529. The molecule has 2 rings (SSSR count). The highest BCUT2D eigenvalue weighted by atomic mass is 16.5. The molecule has 2 aromatic rings. The van der Waals surface area contributed by atoms with Crippen LogP contribution in [0.15, 0.2) is 28.8 Å². The normalized spacial score (nSPS) is 12.5. The Labute approximate surface area is 127 Å². The SMILES string of the molecule is CCCCc1ccc(C(C)NCCc2nc(C)no2)cc1. The first kappa shape index (κ1) is 15.7. The molecule has 0 radical (unpaired) electrons. The lowest BCUT2D eigenvalue weighted by atomic mass is 10.0. The zero-order valence-electron chi connectivity index (χ0n) is 13.2. The topological polar surface area (TPSA) is 51.0 Å². The van der Waals surface area contributed by atoms with Gasteiger partial charge in [0.15, 0.2) is 5.82 Å². The molecule has 0 saturated heterocycles. The van der Waals surface area contributed by atoms with Gasteiger partial charge in [-0.05, 0) is 37.8 Å². The Kier molecular flexibility index (Phi) is 5.93. The van der Waals surface area contributed by atoms with E-state index in [4.69, 9.17) is 4.52 Å². The summed E-state index contributed by atoms with van der Waals surface area (Å²) < 4.78 is 5.10. The molecule has 0 spiro atoms. The second kappa shape index (κ2) is 7.93. The number of hydrogen-bond donors (Lipinski definition) is 1. The van der Waals surface area contributed by atoms with E-state index in [2.05, 4.69) is 53.6 Å². The number of hydrogen-bond acceptors (Lipinski definition) is 4. The van der Waals surface area contributed by atoms with E-state index in [0.29, 0.717) is 17.8 Å². The molecule has 4 heteroatoms. The van der Waals surface area contributed by atoms with Crippen molar-refractivity contribution >= 4 is 0 Å². The lowest BCUT2D eigenvalue weighted by Crippen LogP contribution is -2.21. The molecule has 0 bridgehead atoms. The molecule has 0 aliphatic heterocycles. The number of nitrogens with one attached hydrogen (secondary N) is 1. The van der Waals surface area contributed by atoms with Crippen molar-refractivity contribution in [2.75, 3.05) is 6.54 Å². The summed E-state index contributed by atoms with van der Waals surface area (Å²) in [5, 5.41) is 7.28. The monoisotopic (exact) mass is 287 g/mol. The summed E-state index contributed by atoms with van der Waals surface area (Å²) in [7, 11) is 0. The predicted molar refractivity (Wildman–Crippen MR) is 84.2 cm³/mol. The molecule has 0 saturated carbocycles. The zero-order valence-corrected chi connectivity index (χ0v) is 13.2. The van der Waals surface area contributed by atoms with Gasteiger partial charge in [0, 0.05) is 19.0 Å². The van der Waals surface area contributed by atoms with Crippen LogP contribution >= 0.6 is 0 Å². The quantitative estimate of drug-likeness (QED) is 0.805. The van der Waals surface area contributed by atoms with Crippen molar-refractivity contribution in [3.8, 4) is 0 Å². The van der Waals surface area contributed by atoms with Crippen molar-refractivity contribution in [1.29, 1.82) is 0 Å². The minimum absolute atomic E-state index is 0.328. The van der Waals surface area contributed by atoms with E-state index in [-0.39, 0.29) is 0 Å². The Morgan fingerprint density at radius 2 is 1.95 bits per heavy atom. The maximum atomic E-state index is 5.10. The lowest BCUT2D eigenvalue weighted by Gasteiger charge is -2.14. The van der Waals surface area contributed by atoms with Gasteiger partial charge in [-0.3, -0.25) is 0 Å². The van der Waals surface area contributed by atoms with Crippen LogP contribution in [-0.4, -0.2) is 16.7 Å². The molecule has 1 aromatic carbocycles. The van der Waals surface area contributed by atoms with Gasteiger partial charge in [-0.2, -0.15) is 4.98 Å². The maximum absolute atomic E-state index is 5.10. The van der Waals surface area contributed by atoms with Crippen molar-refractivity contribution < 1.29 is 4.52 Å². The first-order chi connectivity index (χ1) is 10.2. The molecule has 0 amide bonds. The average molecular weight is 287 g/mol. The van der Waals surface area contributed by atoms with Crippen LogP contribution in [-0.2, 0) is 12.8 Å². The third kappa shape index (κ3) is 4.97. The van der Waals surface area contributed by atoms with Crippen LogP contribution in [0.3, 0.4) is 0 Å². The Morgan fingerprint density at radius 3 is 2.57 bits per heavy atom. The van der Waals surface area contributed by atoms with Gasteiger partial charge in [0.1, 0.15) is 0 Å². The van der Waals surface area contributed by atoms with E-state index in [1.807, 2.05) is 6.92 Å². The van der Waals surface area contributed by atoms with Gasteiger partial charge < -0.3 is 9.84 Å². The molecular formula is C17H25N3O. The summed E-state index contributed by atoms with van der Waals surface area (Å²) in [4.78, 5) is 4.20. The molecule has 114 valence electrons. The molecule has 1 unspecified atom stereocenters. The minimum Gasteiger partial charge on any atom is -0.339 e. The summed E-state index contributed by atoms with van der Waals surface area (Å²) in [5.41, 5.74) is 2.74. The number of rotatable bonds is 8. The van der Waals surface area contributed by atoms with Gasteiger partial charge in [0.25, 0.3) is 0 Å². The van der Waals surface area contributed by atoms with Crippen molar-refractivity contribution in [2.45, 2.75) is 52.5 Å². The molecular weight excluding hydrogens is 262 g/mol. The van der Waals surface area contributed by atoms with Crippen molar-refractivity contribution in [3.05, 3.63) is 47.1 Å². The molecule has 4 nitrogen and oxygen atoms in total. The highest BCUT2D eigenvalue weighted by molar-refractivity contribution is 5.24. The Morgan fingerprint density at radius 1 is 1.19 bits per heavy atom. The number of aryl methyl sites for hydroxylation is 2. The van der Waals surface area contributed by atoms with Crippen LogP contribution in [0.25, 0.3) is 0 Å². The molecule has 1 atom stereocenters. The van der Waals surface area contributed by atoms with Crippen LogP contribution in [0.2, 0.25) is 0 Å². The summed E-state index contributed by atoms with van der Waals surface area (Å²) in [6, 6.07) is 9.25. The standard InChI is InChI=1S/C17H25N3O/c1-4-5-6-15-7-9-16(10-8-15)13(2)18-12-11-17-19-14(3)20-21-17/h7-10,13,18H,4-6,11-12H2,1-3H3. The van der Waals surface area contributed by atoms with E-state index >= 15 is 0 Å². The summed E-state index contributed by atoms with van der Waals surface area (Å²) in [6.07, 6.45) is 4.44. The van der Waals surface area contributed by atoms with E-state index in [1.54, 1.807) is 0 Å². The maximum Gasteiger partial charge on any atom is 0.227 e. The summed E-state index contributed by atoms with van der Waals surface area (Å²) in [5.74, 6) is 1.39. The van der Waals surface area contributed by atoms with Crippen molar-refractivity contribution in [3.63, 3.8) is 0 Å². The molecule has 0 aliphatic rings. The smallest absolute Gasteiger partial charge is 0.227 e. The predicted octanol–water partition coefficient (Wildman–Crippen LogP) is 3.61. The third-order valence-corrected chi connectivity index (χ3v) is 3.66. The van der Waals surface area contributed by atoms with E-state index in [9.17, 15) is 0 Å². The summed E-state index contributed by atoms with van der Waals surface area (Å²) in [6.45, 7) is 7.08. The van der Waals surface area contributed by atoms with E-state index in [1.165, 1.54) is 30.4 Å². The molecule has 0 fully saturated rings. The van der Waals surface area contributed by atoms with E-state index in [0.717, 1.165) is 13.0 Å². The fourth-order valence-electron chi connectivity index (χ4n) is 2.31. The van der Waals surface area contributed by atoms with E-state index < -0.39 is 0 Å². The van der Waals surface area contributed by atoms with Gasteiger partial charge in [-0.1, -0.05) is 42.8 Å². The Bertz CT molecular complexity index is 533. The minimum atomic E-state index is 0.328. The van der Waals surface area contributed by atoms with Crippen LogP contribution in [0.4, 0.5) is 0 Å². The highest BCUT2D eigenvalue weighted by Crippen LogP contribution is 2.14. The third-order valence-electron chi connectivity index (χ3n) is 3.66. The Hall–Kier alpha value is -1.68. The zero-order chi connectivity index (χ0) is 15.1. The average Bonchev–Trinajstić information content (AvgIpc) is 2.91. The second-order valence-electron chi connectivity index (χ2n) is 5.51. The van der Waals surface area contributed by atoms with Crippen LogP contribution in [0.5, 0.6) is 0 Å². The number of aromatic nitrogens is 2. The van der Waals surface area contributed by atoms with Gasteiger partial charge >= 0.3 is 0 Å². The highest BCUT2D eigenvalue weighted by Gasteiger charge is 2.07. The van der Waals surface area contributed by atoms with Crippen LogP contribution in [0.1, 0.15) is 55.6 Å². The Balaban J connectivity index is 1.78. The first-order valence-corrected chi connectivity index (χ1v) is 7.80. The lowest BCUT2D eigenvalue weighted by molar-refractivity contribution is 0.370. The van der Waals surface area contributed by atoms with Crippen molar-refractivity contribution in [1.82, 2.24) is 15.5 Å². The number of benzene rings is 1. The van der Waals surface area contributed by atoms with Gasteiger partial charge in [-0.25, -0.2) is 0 Å². The van der Waals surface area contributed by atoms with Crippen LogP contribution in [0, 0.1) is 6.92 Å². The molecule has 1 heterocycles. The summed E-state index contributed by atoms with van der Waals surface area (Å²) >= 11 is 0. The van der Waals surface area contributed by atoms with Gasteiger partial charge in [-0.15, -0.1) is 0 Å². The van der Waals surface area contributed by atoms with Gasteiger partial charge in [0.05, 0.1) is 0 Å². The number of unbranched alkanes of at least 4 members (excludes halogenated alkanes) is 1.